The molecule has 4 heterocycles. The summed E-state index contributed by atoms with van der Waals surface area (Å²) in [4.78, 5) is 42.9. The van der Waals surface area contributed by atoms with E-state index in [4.69, 9.17) is 18.6 Å². The molecule has 10 heteroatoms. The van der Waals surface area contributed by atoms with Crippen LogP contribution in [0.2, 0.25) is 0 Å². The normalized spacial score (nSPS) is 18.6. The second kappa shape index (κ2) is 11.1. The topological polar surface area (TPSA) is 103 Å². The highest BCUT2D eigenvalue weighted by Crippen LogP contribution is 2.28. The molecule has 2 aliphatic heterocycles. The number of hydrogen-bond donors (Lipinski definition) is 0. The third kappa shape index (κ3) is 5.28. The molecular formula is C25H33N3O7. The van der Waals surface area contributed by atoms with Gasteiger partial charge < -0.3 is 28.1 Å². The molecule has 1 atom stereocenters. The number of carbonyl (C=O) groups is 2. The van der Waals surface area contributed by atoms with E-state index in [2.05, 4.69) is 4.90 Å². The maximum Gasteiger partial charge on any atom is 0.328 e. The summed E-state index contributed by atoms with van der Waals surface area (Å²) in [5.41, 5.74) is 0.777. The van der Waals surface area contributed by atoms with Crippen molar-refractivity contribution < 1.29 is 28.2 Å². The molecule has 0 aliphatic carbocycles. The second-order valence-electron chi connectivity index (χ2n) is 8.88. The van der Waals surface area contributed by atoms with E-state index in [1.165, 1.54) is 20.3 Å². The number of ether oxygens (including phenoxy) is 3. The van der Waals surface area contributed by atoms with Gasteiger partial charge in [-0.25, -0.2) is 4.79 Å². The van der Waals surface area contributed by atoms with E-state index in [-0.39, 0.29) is 17.2 Å². The Morgan fingerprint density at radius 1 is 1.06 bits per heavy atom. The van der Waals surface area contributed by atoms with Gasteiger partial charge in [-0.1, -0.05) is 0 Å². The van der Waals surface area contributed by atoms with Gasteiger partial charge in [0.15, 0.2) is 0 Å². The summed E-state index contributed by atoms with van der Waals surface area (Å²) in [7, 11) is 4.41. The molecule has 1 amide bonds. The zero-order valence-electron chi connectivity index (χ0n) is 20.6. The van der Waals surface area contributed by atoms with E-state index in [0.717, 1.165) is 24.4 Å². The third-order valence-corrected chi connectivity index (χ3v) is 6.74. The Morgan fingerprint density at radius 3 is 2.60 bits per heavy atom. The molecule has 1 saturated heterocycles. The zero-order valence-corrected chi connectivity index (χ0v) is 20.6. The predicted octanol–water partition coefficient (Wildman–Crippen LogP) is 1.82. The van der Waals surface area contributed by atoms with Gasteiger partial charge in [0, 0.05) is 51.5 Å². The number of methoxy groups -OCH3 is 3. The maximum absolute atomic E-state index is 13.8. The van der Waals surface area contributed by atoms with Crippen molar-refractivity contribution in [2.45, 2.75) is 51.4 Å². The summed E-state index contributed by atoms with van der Waals surface area (Å²) in [6.07, 6.45) is 2.69. The lowest BCUT2D eigenvalue weighted by Crippen LogP contribution is -2.49. The minimum absolute atomic E-state index is 0.209. The molecule has 2 aromatic heterocycles. The third-order valence-electron chi connectivity index (χ3n) is 6.74. The second-order valence-corrected chi connectivity index (χ2v) is 8.88. The fourth-order valence-corrected chi connectivity index (χ4v) is 4.99. The smallest absolute Gasteiger partial charge is 0.328 e. The first-order valence-electron chi connectivity index (χ1n) is 11.9. The summed E-state index contributed by atoms with van der Waals surface area (Å²) in [6, 6.07) is 4.56. The Bertz CT molecular complexity index is 1120. The summed E-state index contributed by atoms with van der Waals surface area (Å²) in [6.45, 7) is 3.15. The van der Waals surface area contributed by atoms with Gasteiger partial charge in [-0.2, -0.15) is 0 Å². The van der Waals surface area contributed by atoms with Crippen LogP contribution in [0, 0.1) is 0 Å². The summed E-state index contributed by atoms with van der Waals surface area (Å²) in [5.74, 6) is 1.09. The van der Waals surface area contributed by atoms with Gasteiger partial charge in [0.2, 0.25) is 0 Å². The number of piperidine rings is 1. The lowest BCUT2D eigenvalue weighted by Gasteiger charge is -2.34. The zero-order chi connectivity index (χ0) is 24.9. The van der Waals surface area contributed by atoms with E-state index >= 15 is 0 Å². The van der Waals surface area contributed by atoms with Crippen molar-refractivity contribution in [3.63, 3.8) is 0 Å². The van der Waals surface area contributed by atoms with E-state index in [1.54, 1.807) is 16.6 Å². The van der Waals surface area contributed by atoms with Crippen LogP contribution in [-0.4, -0.2) is 73.2 Å². The number of fused-ring (bicyclic) bond motifs is 1. The number of esters is 1. The monoisotopic (exact) mass is 487 g/mol. The quantitative estimate of drug-likeness (QED) is 0.545. The van der Waals surface area contributed by atoms with Crippen molar-refractivity contribution in [2.24, 2.45) is 0 Å². The van der Waals surface area contributed by atoms with Crippen LogP contribution in [0.1, 0.15) is 46.8 Å². The molecule has 4 rings (SSSR count). The largest absolute Gasteiger partial charge is 0.496 e. The maximum atomic E-state index is 13.8. The first-order valence-corrected chi connectivity index (χ1v) is 11.9. The van der Waals surface area contributed by atoms with Gasteiger partial charge in [-0.3, -0.25) is 14.5 Å². The van der Waals surface area contributed by atoms with Gasteiger partial charge >= 0.3 is 5.97 Å². The molecule has 0 N–H and O–H groups in total. The Kier molecular flexibility index (Phi) is 7.92. The minimum Gasteiger partial charge on any atom is -0.496 e. The number of furan rings is 1. The van der Waals surface area contributed by atoms with Gasteiger partial charge in [0.1, 0.15) is 35.5 Å². The molecule has 0 aromatic carbocycles. The number of hydrogen-bond acceptors (Lipinski definition) is 8. The van der Waals surface area contributed by atoms with E-state index < -0.39 is 12.0 Å². The Hall–Kier alpha value is -3.11. The number of likely N-dealkylation sites (tertiary alicyclic amines) is 1. The number of nitrogens with zero attached hydrogens (tertiary/aromatic N) is 3. The fourth-order valence-electron chi connectivity index (χ4n) is 4.99. The van der Waals surface area contributed by atoms with Crippen molar-refractivity contribution in [1.82, 2.24) is 14.4 Å². The first kappa shape index (κ1) is 25.0. The number of carbonyl (C=O) groups excluding carboxylic acids is 2. The van der Waals surface area contributed by atoms with E-state index in [0.29, 0.717) is 63.4 Å². The molecule has 1 fully saturated rings. The molecule has 10 nitrogen and oxygen atoms in total. The van der Waals surface area contributed by atoms with Crippen molar-refractivity contribution in [2.75, 3.05) is 41.0 Å². The minimum atomic E-state index is -0.638. The average molecular weight is 488 g/mol. The molecular weight excluding hydrogens is 454 g/mol. The molecule has 0 saturated carbocycles. The molecule has 2 aliphatic rings. The number of aromatic nitrogens is 1. The van der Waals surface area contributed by atoms with Crippen LogP contribution < -0.4 is 10.3 Å². The Balaban J connectivity index is 1.62. The molecule has 0 radical (unpaired) electrons. The first-order chi connectivity index (χ1) is 17.0. The van der Waals surface area contributed by atoms with E-state index in [1.807, 2.05) is 12.1 Å². The Morgan fingerprint density at radius 2 is 1.86 bits per heavy atom. The van der Waals surface area contributed by atoms with Crippen molar-refractivity contribution in [1.29, 1.82) is 0 Å². The van der Waals surface area contributed by atoms with Crippen LogP contribution >= 0.6 is 0 Å². The van der Waals surface area contributed by atoms with Gasteiger partial charge in [0.05, 0.1) is 20.8 Å². The predicted molar refractivity (Wildman–Crippen MR) is 126 cm³/mol. The van der Waals surface area contributed by atoms with Gasteiger partial charge in [-0.15, -0.1) is 0 Å². The highest BCUT2D eigenvalue weighted by atomic mass is 16.5. The number of amides is 1. The Labute approximate surface area is 204 Å². The van der Waals surface area contributed by atoms with Crippen molar-refractivity contribution in [3.8, 4) is 5.75 Å². The fraction of sp³-hybridized carbons (Fsp3) is 0.560. The summed E-state index contributed by atoms with van der Waals surface area (Å²) < 4.78 is 23.1. The molecule has 0 unspecified atom stereocenters. The van der Waals surface area contributed by atoms with Crippen LogP contribution in [0.25, 0.3) is 0 Å². The average Bonchev–Trinajstić information content (AvgIpc) is 3.20. The van der Waals surface area contributed by atoms with Crippen LogP contribution in [0.4, 0.5) is 0 Å². The van der Waals surface area contributed by atoms with Crippen molar-refractivity contribution in [3.05, 3.63) is 51.3 Å². The summed E-state index contributed by atoms with van der Waals surface area (Å²) >= 11 is 0. The lowest BCUT2D eigenvalue weighted by atomic mass is 9.99. The van der Waals surface area contributed by atoms with Crippen LogP contribution in [0.15, 0.2) is 27.4 Å². The van der Waals surface area contributed by atoms with Crippen LogP contribution in [0.5, 0.6) is 5.75 Å². The highest BCUT2D eigenvalue weighted by Gasteiger charge is 2.36. The number of pyridine rings is 1. The molecule has 0 bridgehead atoms. The van der Waals surface area contributed by atoms with Gasteiger partial charge in [0.25, 0.3) is 11.5 Å². The molecule has 35 heavy (non-hydrogen) atoms. The lowest BCUT2D eigenvalue weighted by molar-refractivity contribution is -0.147. The van der Waals surface area contributed by atoms with Crippen LogP contribution in [0.3, 0.4) is 0 Å². The van der Waals surface area contributed by atoms with Gasteiger partial charge in [-0.05, 0) is 31.4 Å². The van der Waals surface area contributed by atoms with E-state index in [9.17, 15) is 14.4 Å². The SMILES string of the molecule is COCc1ccc(CN2CCc3c(C(=O)N4CCCC[C@@H]4C(=O)OC)c(OC)cc(=O)n3CC2)o1. The standard InChI is InChI=1S/C25H33N3O7/c1-32-16-18-8-7-17(35-18)15-26-11-9-19-23(21(33-2)14-22(29)27(19)13-12-26)24(30)28-10-5-4-6-20(28)25(31)34-3/h7-8,14,20H,4-6,9-13,15-16H2,1-3H3/t20-/m1/s1. The molecule has 190 valence electrons. The van der Waals surface area contributed by atoms with Crippen molar-refractivity contribution >= 4 is 11.9 Å². The number of rotatable bonds is 7. The highest BCUT2D eigenvalue weighted by molar-refractivity contribution is 6.00. The summed E-state index contributed by atoms with van der Waals surface area (Å²) in [5, 5.41) is 0. The van der Waals surface area contributed by atoms with Crippen LogP contribution in [-0.2, 0) is 40.4 Å². The molecule has 0 spiro atoms. The molecule has 2 aromatic rings.